The molecule has 35 heavy (non-hydrogen) atoms. The van der Waals surface area contributed by atoms with E-state index in [1.165, 1.54) is 11.8 Å². The number of allylic oxidation sites excluding steroid dienone is 2. The predicted molar refractivity (Wildman–Crippen MR) is 145 cm³/mol. The van der Waals surface area contributed by atoms with Gasteiger partial charge >= 0.3 is 0 Å². The summed E-state index contributed by atoms with van der Waals surface area (Å²) < 4.78 is 0. The first kappa shape index (κ1) is 25.2. The third-order valence-electron chi connectivity index (χ3n) is 5.54. The number of thioether (sulfide) groups is 1. The molecule has 1 aliphatic rings. The Morgan fingerprint density at radius 3 is 2.31 bits per heavy atom. The van der Waals surface area contributed by atoms with Gasteiger partial charge in [0.25, 0.3) is 5.91 Å². The van der Waals surface area contributed by atoms with E-state index in [0.29, 0.717) is 53.9 Å². The first-order valence-electron chi connectivity index (χ1n) is 10.7. The van der Waals surface area contributed by atoms with Crippen LogP contribution in [0.1, 0.15) is 24.0 Å². The maximum Gasteiger partial charge on any atom is 0.254 e. The van der Waals surface area contributed by atoms with Crippen LogP contribution in [0.2, 0.25) is 15.1 Å². The Morgan fingerprint density at radius 1 is 1.00 bits per heavy atom. The number of rotatable bonds is 6. The Morgan fingerprint density at radius 2 is 1.66 bits per heavy atom. The molecule has 0 spiro atoms. The lowest BCUT2D eigenvalue weighted by Gasteiger charge is -2.30. The zero-order chi connectivity index (χ0) is 24.9. The quantitative estimate of drug-likeness (QED) is 0.333. The highest BCUT2D eigenvalue weighted by Gasteiger charge is 2.35. The molecule has 0 unspecified atom stereocenters. The number of nitrogens with one attached hydrogen (secondary N) is 2. The first-order valence-corrected chi connectivity index (χ1v) is 12.8. The van der Waals surface area contributed by atoms with Gasteiger partial charge in [0.15, 0.2) is 0 Å². The van der Waals surface area contributed by atoms with Gasteiger partial charge in [-0.1, -0.05) is 71.2 Å². The third-order valence-corrected chi connectivity index (χ3v) is 7.57. The maximum absolute atomic E-state index is 13.5. The van der Waals surface area contributed by atoms with Crippen LogP contribution in [-0.4, -0.2) is 5.91 Å². The molecule has 0 aromatic heterocycles. The minimum Gasteiger partial charge on any atom is -0.353 e. The van der Waals surface area contributed by atoms with Gasteiger partial charge in [0, 0.05) is 37.8 Å². The molecular formula is C27H20Cl3N3OS. The minimum absolute atomic E-state index is 0.329. The van der Waals surface area contributed by atoms with Crippen LogP contribution in [0, 0.1) is 11.3 Å². The third kappa shape index (κ3) is 5.69. The van der Waals surface area contributed by atoms with Crippen molar-refractivity contribution in [1.29, 1.82) is 5.26 Å². The Bertz CT molecular complexity index is 1380. The molecule has 3 aromatic carbocycles. The lowest BCUT2D eigenvalue weighted by molar-refractivity contribution is -0.113. The van der Waals surface area contributed by atoms with Crippen molar-refractivity contribution in [2.75, 3.05) is 5.32 Å². The van der Waals surface area contributed by atoms with Gasteiger partial charge in [-0.15, -0.1) is 11.8 Å². The van der Waals surface area contributed by atoms with Crippen LogP contribution >= 0.6 is 46.6 Å². The molecule has 1 aliphatic heterocycles. The number of halogens is 3. The van der Waals surface area contributed by atoms with E-state index in [9.17, 15) is 10.1 Å². The zero-order valence-electron chi connectivity index (χ0n) is 18.6. The van der Waals surface area contributed by atoms with Gasteiger partial charge in [0.1, 0.15) is 0 Å². The number of hydrogen-bond acceptors (Lipinski definition) is 4. The summed E-state index contributed by atoms with van der Waals surface area (Å²) in [5, 5.41) is 18.8. The van der Waals surface area contributed by atoms with Crippen molar-refractivity contribution in [2.24, 2.45) is 0 Å². The van der Waals surface area contributed by atoms with Gasteiger partial charge in [-0.05, 0) is 54.4 Å². The molecule has 8 heteroatoms. The maximum atomic E-state index is 13.5. The number of nitrogens with zero attached hydrogens (tertiary/aromatic N) is 1. The fraction of sp³-hybridized carbons (Fsp3) is 0.111. The van der Waals surface area contributed by atoms with Crippen LogP contribution in [0.25, 0.3) is 0 Å². The molecule has 1 amide bonds. The van der Waals surface area contributed by atoms with Crippen molar-refractivity contribution >= 4 is 58.2 Å². The summed E-state index contributed by atoms with van der Waals surface area (Å²) in [5.74, 6) is -0.414. The van der Waals surface area contributed by atoms with Gasteiger partial charge in [-0.3, -0.25) is 4.79 Å². The Balaban J connectivity index is 1.74. The molecular weight excluding hydrogens is 521 g/mol. The van der Waals surface area contributed by atoms with Gasteiger partial charge in [0.05, 0.1) is 22.6 Å². The standard InChI is InChI=1S/C27H20Cl3N3OS/c1-16-24(26(34)33-19-12-10-18(28)11-13-19)25(20-7-3-5-9-23(20)30)21(14-31)27(32-16)35-15-17-6-2-4-8-22(17)29/h2-13,25,32H,15H2,1H3,(H,33,34)/t25-/m1/s1. The van der Waals surface area contributed by atoms with Crippen molar-refractivity contribution in [1.82, 2.24) is 5.32 Å². The molecule has 1 heterocycles. The average molecular weight is 541 g/mol. The number of benzene rings is 3. The van der Waals surface area contributed by atoms with E-state index in [-0.39, 0.29) is 5.91 Å². The van der Waals surface area contributed by atoms with Crippen LogP contribution in [0.15, 0.2) is 94.7 Å². The monoisotopic (exact) mass is 539 g/mol. The molecule has 0 aliphatic carbocycles. The van der Waals surface area contributed by atoms with Crippen LogP contribution in [0.3, 0.4) is 0 Å². The van der Waals surface area contributed by atoms with Gasteiger partial charge in [-0.25, -0.2) is 0 Å². The molecule has 0 saturated heterocycles. The second kappa shape index (κ2) is 11.2. The molecule has 4 nitrogen and oxygen atoms in total. The Kier molecular flexibility index (Phi) is 8.10. The summed E-state index contributed by atoms with van der Waals surface area (Å²) in [5.41, 5.74) is 3.71. The summed E-state index contributed by atoms with van der Waals surface area (Å²) in [6, 6.07) is 24.0. The fourth-order valence-electron chi connectivity index (χ4n) is 3.84. The van der Waals surface area contributed by atoms with Gasteiger partial charge in [-0.2, -0.15) is 5.26 Å². The van der Waals surface area contributed by atoms with Crippen molar-refractivity contribution in [3.63, 3.8) is 0 Å². The molecule has 4 rings (SSSR count). The highest BCUT2D eigenvalue weighted by Crippen LogP contribution is 2.43. The molecule has 2 N–H and O–H groups in total. The second-order valence-electron chi connectivity index (χ2n) is 7.81. The Labute approximate surface area is 223 Å². The van der Waals surface area contributed by atoms with E-state index in [4.69, 9.17) is 34.8 Å². The molecule has 1 atom stereocenters. The van der Waals surface area contributed by atoms with Gasteiger partial charge < -0.3 is 10.6 Å². The fourth-order valence-corrected chi connectivity index (χ4v) is 5.59. The molecule has 0 radical (unpaired) electrons. The lowest BCUT2D eigenvalue weighted by atomic mass is 9.82. The molecule has 176 valence electrons. The van der Waals surface area contributed by atoms with Crippen LogP contribution in [0.4, 0.5) is 5.69 Å². The molecule has 3 aromatic rings. The highest BCUT2D eigenvalue weighted by molar-refractivity contribution is 8.02. The second-order valence-corrected chi connectivity index (χ2v) is 10.1. The van der Waals surface area contributed by atoms with Crippen molar-refractivity contribution in [3.05, 3.63) is 121 Å². The highest BCUT2D eigenvalue weighted by atomic mass is 35.5. The molecule has 0 fully saturated rings. The number of anilines is 1. The van der Waals surface area contributed by atoms with E-state index in [1.54, 1.807) is 30.3 Å². The number of carbonyl (C=O) groups is 1. The smallest absolute Gasteiger partial charge is 0.254 e. The predicted octanol–water partition coefficient (Wildman–Crippen LogP) is 7.91. The summed E-state index contributed by atoms with van der Waals surface area (Å²) in [6.45, 7) is 1.82. The summed E-state index contributed by atoms with van der Waals surface area (Å²) in [7, 11) is 0. The van der Waals surface area contributed by atoms with E-state index < -0.39 is 5.92 Å². The van der Waals surface area contributed by atoms with Crippen LogP contribution < -0.4 is 10.6 Å². The van der Waals surface area contributed by atoms with Crippen molar-refractivity contribution in [2.45, 2.75) is 18.6 Å². The SMILES string of the molecule is CC1=C(C(=O)Nc2ccc(Cl)cc2)[C@H](c2ccccc2Cl)C(C#N)=C(SCc2ccccc2Cl)N1. The van der Waals surface area contributed by atoms with Crippen molar-refractivity contribution in [3.8, 4) is 6.07 Å². The van der Waals surface area contributed by atoms with E-state index >= 15 is 0 Å². The summed E-state index contributed by atoms with van der Waals surface area (Å²) >= 11 is 20.3. The zero-order valence-corrected chi connectivity index (χ0v) is 21.7. The summed E-state index contributed by atoms with van der Waals surface area (Å²) in [6.07, 6.45) is 0. The van der Waals surface area contributed by atoms with Crippen molar-refractivity contribution < 1.29 is 4.79 Å². The molecule has 0 saturated carbocycles. The van der Waals surface area contributed by atoms with E-state index in [2.05, 4.69) is 16.7 Å². The summed E-state index contributed by atoms with van der Waals surface area (Å²) in [4.78, 5) is 13.5. The number of nitriles is 1. The largest absolute Gasteiger partial charge is 0.353 e. The molecule has 0 bridgehead atoms. The Hall–Kier alpha value is -2.88. The number of amides is 1. The number of hydrogen-bond donors (Lipinski definition) is 2. The first-order chi connectivity index (χ1) is 16.9. The van der Waals surface area contributed by atoms with E-state index in [1.807, 2.05) is 49.4 Å². The normalized spacial score (nSPS) is 15.5. The van der Waals surface area contributed by atoms with Crippen LogP contribution in [0.5, 0.6) is 0 Å². The topological polar surface area (TPSA) is 64.9 Å². The van der Waals surface area contributed by atoms with E-state index in [0.717, 1.165) is 5.56 Å². The number of dihydropyridines is 1. The number of carbonyl (C=O) groups excluding carboxylic acids is 1. The lowest BCUT2D eigenvalue weighted by Crippen LogP contribution is -2.30. The minimum atomic E-state index is -0.643. The average Bonchev–Trinajstić information content (AvgIpc) is 2.84. The van der Waals surface area contributed by atoms with Gasteiger partial charge in [0.2, 0.25) is 0 Å². The van der Waals surface area contributed by atoms with Crippen LogP contribution in [-0.2, 0) is 10.5 Å².